The Morgan fingerprint density at radius 2 is 2.14 bits per heavy atom. The van der Waals surface area contributed by atoms with Gasteiger partial charge in [0.15, 0.2) is 0 Å². The second kappa shape index (κ2) is 4.84. The summed E-state index contributed by atoms with van der Waals surface area (Å²) in [4.78, 5) is 8.66. The maximum absolute atomic E-state index is 7.94. The molecule has 1 aromatic carbocycles. The van der Waals surface area contributed by atoms with E-state index in [1.54, 1.807) is 7.11 Å². The lowest BCUT2D eigenvalue weighted by Gasteiger charge is -2.15. The van der Waals surface area contributed by atoms with Gasteiger partial charge in [-0.15, -0.1) is 0 Å². The first-order valence-electron chi connectivity index (χ1n) is 7.11. The fourth-order valence-corrected chi connectivity index (χ4v) is 2.85. The van der Waals surface area contributed by atoms with E-state index in [1.807, 2.05) is 36.4 Å². The third-order valence-corrected chi connectivity index (χ3v) is 3.86. The van der Waals surface area contributed by atoms with Crippen LogP contribution in [0, 0.1) is 5.41 Å². The number of aromatic nitrogens is 3. The van der Waals surface area contributed by atoms with E-state index in [9.17, 15) is 0 Å². The highest BCUT2D eigenvalue weighted by molar-refractivity contribution is 5.79. The van der Waals surface area contributed by atoms with Gasteiger partial charge in [0, 0.05) is 24.2 Å². The molecule has 110 valence electrons. The molecule has 0 saturated heterocycles. The lowest BCUT2D eigenvalue weighted by atomic mass is 10.0. The molecule has 0 radical (unpaired) electrons. The maximum Gasteiger partial charge on any atom is 0.244 e. The normalized spacial score (nSPS) is 13.0. The molecule has 3 aliphatic heterocycles. The average Bonchev–Trinajstić information content (AvgIpc) is 3.03. The van der Waals surface area contributed by atoms with Gasteiger partial charge in [-0.2, -0.15) is 4.98 Å². The standard InChI is InChI=1S/C16H15N5O/c1-22-11-4-2-3-10(9-11)14-12-5-6-13-18-7-8-21(13)15(12)20-16(17)19-14/h2-6,9,17-18H,7-8H2,1H3. The molecule has 0 aliphatic carbocycles. The SMILES string of the molecule is COc1cccc(-c2nc(=N)nc3n4c(ccc2-3)NCC4)c1. The van der Waals surface area contributed by atoms with E-state index in [0.717, 1.165) is 47.3 Å². The number of pyridine rings is 1. The molecule has 2 N–H and O–H groups in total. The fourth-order valence-electron chi connectivity index (χ4n) is 2.85. The van der Waals surface area contributed by atoms with Gasteiger partial charge in [-0.1, -0.05) is 12.1 Å². The third kappa shape index (κ3) is 1.92. The zero-order chi connectivity index (χ0) is 15.1. The van der Waals surface area contributed by atoms with Crippen LogP contribution in [0.25, 0.3) is 22.6 Å². The molecule has 0 amide bonds. The Balaban J connectivity index is 1.99. The summed E-state index contributed by atoms with van der Waals surface area (Å²) in [6.45, 7) is 1.73. The predicted molar refractivity (Wildman–Crippen MR) is 83.0 cm³/mol. The van der Waals surface area contributed by atoms with Crippen LogP contribution in [-0.4, -0.2) is 28.2 Å². The Morgan fingerprint density at radius 3 is 3.00 bits per heavy atom. The van der Waals surface area contributed by atoms with E-state index in [-0.39, 0.29) is 5.62 Å². The first-order valence-corrected chi connectivity index (χ1v) is 7.11. The molecule has 0 saturated carbocycles. The number of anilines is 1. The van der Waals surface area contributed by atoms with Crippen LogP contribution in [0.1, 0.15) is 0 Å². The molecule has 22 heavy (non-hydrogen) atoms. The maximum atomic E-state index is 7.94. The summed E-state index contributed by atoms with van der Waals surface area (Å²) in [5.74, 6) is 2.59. The van der Waals surface area contributed by atoms with Crippen molar-refractivity contribution in [1.29, 1.82) is 5.41 Å². The molecule has 1 aromatic rings. The van der Waals surface area contributed by atoms with Crippen molar-refractivity contribution >= 4 is 5.82 Å². The van der Waals surface area contributed by atoms with Gasteiger partial charge in [-0.05, 0) is 24.3 Å². The Morgan fingerprint density at radius 1 is 1.23 bits per heavy atom. The van der Waals surface area contributed by atoms with Gasteiger partial charge in [0.2, 0.25) is 5.62 Å². The summed E-state index contributed by atoms with van der Waals surface area (Å²) in [6.07, 6.45) is 0. The van der Waals surface area contributed by atoms with E-state index < -0.39 is 0 Å². The molecule has 4 rings (SSSR count). The summed E-state index contributed by atoms with van der Waals surface area (Å²) in [6, 6.07) is 11.8. The Bertz CT molecular complexity index is 886. The first kappa shape index (κ1) is 12.8. The number of rotatable bonds is 2. The van der Waals surface area contributed by atoms with Crippen molar-refractivity contribution in [2.75, 3.05) is 19.0 Å². The summed E-state index contributed by atoms with van der Waals surface area (Å²) < 4.78 is 7.38. The molecule has 0 bridgehead atoms. The van der Waals surface area contributed by atoms with Crippen LogP contribution in [0.4, 0.5) is 5.82 Å². The molecule has 6 nitrogen and oxygen atoms in total. The first-order chi connectivity index (χ1) is 10.8. The van der Waals surface area contributed by atoms with Crippen molar-refractivity contribution in [3.8, 4) is 28.4 Å². The monoisotopic (exact) mass is 293 g/mol. The van der Waals surface area contributed by atoms with E-state index in [4.69, 9.17) is 10.1 Å². The Hall–Kier alpha value is -2.89. The summed E-state index contributed by atoms with van der Waals surface area (Å²) in [5.41, 5.74) is 2.65. The molecular weight excluding hydrogens is 278 g/mol. The summed E-state index contributed by atoms with van der Waals surface area (Å²) in [5, 5.41) is 11.3. The van der Waals surface area contributed by atoms with Crippen LogP contribution in [0.15, 0.2) is 36.4 Å². The van der Waals surface area contributed by atoms with Gasteiger partial charge in [0.05, 0.1) is 12.8 Å². The minimum atomic E-state index is 0.0260. The molecule has 0 spiro atoms. The lowest BCUT2D eigenvalue weighted by Crippen LogP contribution is -2.18. The number of benzene rings is 1. The van der Waals surface area contributed by atoms with Gasteiger partial charge in [0.1, 0.15) is 17.4 Å². The van der Waals surface area contributed by atoms with Crippen LogP contribution >= 0.6 is 0 Å². The quantitative estimate of drug-likeness (QED) is 0.757. The van der Waals surface area contributed by atoms with Crippen LogP contribution in [0.5, 0.6) is 5.75 Å². The third-order valence-electron chi connectivity index (χ3n) is 3.86. The average molecular weight is 293 g/mol. The van der Waals surface area contributed by atoms with E-state index in [0.29, 0.717) is 0 Å². The Labute approximate surface area is 127 Å². The number of fused-ring (bicyclic) bond motifs is 3. The molecule has 0 unspecified atom stereocenters. The van der Waals surface area contributed by atoms with Crippen molar-refractivity contribution in [1.82, 2.24) is 14.5 Å². The molecule has 6 heteroatoms. The van der Waals surface area contributed by atoms with Crippen LogP contribution in [0.2, 0.25) is 0 Å². The number of hydrogen-bond acceptors (Lipinski definition) is 5. The second-order valence-electron chi connectivity index (χ2n) is 5.16. The highest BCUT2D eigenvalue weighted by Gasteiger charge is 2.20. The van der Waals surface area contributed by atoms with Crippen molar-refractivity contribution in [2.45, 2.75) is 6.54 Å². The minimum absolute atomic E-state index is 0.0260. The second-order valence-corrected chi connectivity index (χ2v) is 5.16. The largest absolute Gasteiger partial charge is 0.497 e. The van der Waals surface area contributed by atoms with Crippen LogP contribution < -0.4 is 15.7 Å². The van der Waals surface area contributed by atoms with Crippen molar-refractivity contribution < 1.29 is 4.74 Å². The smallest absolute Gasteiger partial charge is 0.244 e. The van der Waals surface area contributed by atoms with Crippen molar-refractivity contribution in [2.24, 2.45) is 0 Å². The van der Waals surface area contributed by atoms with Gasteiger partial charge < -0.3 is 14.6 Å². The molecule has 0 atom stereocenters. The molecule has 3 heterocycles. The molecular formula is C16H15N5O. The lowest BCUT2D eigenvalue weighted by molar-refractivity contribution is 0.415. The van der Waals surface area contributed by atoms with E-state index in [1.165, 1.54) is 0 Å². The predicted octanol–water partition coefficient (Wildman–Crippen LogP) is 1.96. The number of methoxy groups -OCH3 is 1. The van der Waals surface area contributed by atoms with Crippen LogP contribution in [-0.2, 0) is 6.54 Å². The topological polar surface area (TPSA) is 75.8 Å². The molecule has 3 aliphatic rings. The van der Waals surface area contributed by atoms with Gasteiger partial charge >= 0.3 is 0 Å². The van der Waals surface area contributed by atoms with Crippen molar-refractivity contribution in [3.63, 3.8) is 0 Å². The fraction of sp³-hybridized carbons (Fsp3) is 0.188. The molecule has 0 fully saturated rings. The molecule has 0 aromatic heterocycles. The zero-order valence-electron chi connectivity index (χ0n) is 12.1. The highest BCUT2D eigenvalue weighted by atomic mass is 16.5. The van der Waals surface area contributed by atoms with Crippen molar-refractivity contribution in [3.05, 3.63) is 42.0 Å². The van der Waals surface area contributed by atoms with E-state index in [2.05, 4.69) is 19.9 Å². The van der Waals surface area contributed by atoms with E-state index >= 15 is 0 Å². The van der Waals surface area contributed by atoms with Gasteiger partial charge in [-0.3, -0.25) is 5.41 Å². The van der Waals surface area contributed by atoms with Gasteiger partial charge in [0.25, 0.3) is 0 Å². The number of nitrogens with zero attached hydrogens (tertiary/aromatic N) is 3. The highest BCUT2D eigenvalue weighted by Crippen LogP contribution is 2.33. The zero-order valence-corrected chi connectivity index (χ0v) is 12.1. The Kier molecular flexibility index (Phi) is 2.82. The van der Waals surface area contributed by atoms with Crippen LogP contribution in [0.3, 0.4) is 0 Å². The number of nitrogens with one attached hydrogen (secondary N) is 2. The minimum Gasteiger partial charge on any atom is -0.497 e. The summed E-state index contributed by atoms with van der Waals surface area (Å²) in [7, 11) is 1.64. The number of hydrogen-bond donors (Lipinski definition) is 2. The van der Waals surface area contributed by atoms with Gasteiger partial charge in [-0.25, -0.2) is 4.98 Å². The number of ether oxygens (including phenoxy) is 1. The summed E-state index contributed by atoms with van der Waals surface area (Å²) >= 11 is 0.